The number of carbonyl (C=O) groups excluding carboxylic acids is 1. The summed E-state index contributed by atoms with van der Waals surface area (Å²) in [7, 11) is 0. The van der Waals surface area contributed by atoms with Crippen LogP contribution in [0.5, 0.6) is 5.75 Å². The Morgan fingerprint density at radius 1 is 0.917 bits per heavy atom. The van der Waals surface area contributed by atoms with Crippen LogP contribution in [-0.2, 0) is 0 Å². The average molecular weight is 353 g/mol. The SMILES string of the molecule is NC(=O)c1c(F)c(F)c(-c2ccccc2OC(F)(F)F)c(F)c1F. The summed E-state index contributed by atoms with van der Waals surface area (Å²) in [5.41, 5.74) is 0.584. The molecular weight excluding hydrogens is 347 g/mol. The van der Waals surface area contributed by atoms with Gasteiger partial charge in [0, 0.05) is 5.56 Å². The van der Waals surface area contributed by atoms with E-state index in [1.54, 1.807) is 0 Å². The van der Waals surface area contributed by atoms with E-state index in [-0.39, 0.29) is 0 Å². The first-order chi connectivity index (χ1) is 11.0. The van der Waals surface area contributed by atoms with Crippen molar-refractivity contribution in [3.05, 3.63) is 53.1 Å². The topological polar surface area (TPSA) is 52.3 Å². The molecule has 2 aromatic carbocycles. The first-order valence-electron chi connectivity index (χ1n) is 6.05. The van der Waals surface area contributed by atoms with Crippen molar-refractivity contribution in [2.75, 3.05) is 0 Å². The lowest BCUT2D eigenvalue weighted by Crippen LogP contribution is -2.20. The number of rotatable bonds is 3. The van der Waals surface area contributed by atoms with Gasteiger partial charge in [-0.15, -0.1) is 13.2 Å². The lowest BCUT2D eigenvalue weighted by Gasteiger charge is -2.15. The van der Waals surface area contributed by atoms with E-state index in [2.05, 4.69) is 10.5 Å². The quantitative estimate of drug-likeness (QED) is 0.672. The Labute approximate surface area is 129 Å². The Balaban J connectivity index is 2.78. The number of benzene rings is 2. The highest BCUT2D eigenvalue weighted by Crippen LogP contribution is 2.38. The molecule has 2 rings (SSSR count). The molecule has 0 aromatic heterocycles. The van der Waals surface area contributed by atoms with Crippen LogP contribution >= 0.6 is 0 Å². The molecule has 2 N–H and O–H groups in total. The van der Waals surface area contributed by atoms with E-state index in [1.807, 2.05) is 0 Å². The number of ether oxygens (including phenoxy) is 1. The van der Waals surface area contributed by atoms with Crippen molar-refractivity contribution in [2.45, 2.75) is 6.36 Å². The fourth-order valence-electron chi connectivity index (χ4n) is 1.97. The number of amides is 1. The molecule has 0 spiro atoms. The molecule has 128 valence electrons. The fraction of sp³-hybridized carbons (Fsp3) is 0.0714. The molecule has 10 heteroatoms. The minimum absolute atomic E-state index is 0.694. The number of hydrogen-bond acceptors (Lipinski definition) is 2. The van der Waals surface area contributed by atoms with Gasteiger partial charge >= 0.3 is 6.36 Å². The number of primary amides is 1. The van der Waals surface area contributed by atoms with E-state index >= 15 is 0 Å². The van der Waals surface area contributed by atoms with E-state index in [0.717, 1.165) is 18.2 Å². The van der Waals surface area contributed by atoms with Gasteiger partial charge in [-0.3, -0.25) is 4.79 Å². The molecule has 0 atom stereocenters. The highest BCUT2D eigenvalue weighted by Gasteiger charge is 2.34. The van der Waals surface area contributed by atoms with Crippen molar-refractivity contribution < 1.29 is 40.3 Å². The van der Waals surface area contributed by atoms with Crippen LogP contribution in [0.1, 0.15) is 10.4 Å². The predicted octanol–water partition coefficient (Wildman–Crippen LogP) is 3.91. The third-order valence-electron chi connectivity index (χ3n) is 2.89. The van der Waals surface area contributed by atoms with E-state index in [0.29, 0.717) is 6.07 Å². The third kappa shape index (κ3) is 3.12. The van der Waals surface area contributed by atoms with Crippen LogP contribution in [0.2, 0.25) is 0 Å². The van der Waals surface area contributed by atoms with Crippen LogP contribution in [0.3, 0.4) is 0 Å². The van der Waals surface area contributed by atoms with Gasteiger partial charge in [0.1, 0.15) is 11.3 Å². The molecule has 0 bridgehead atoms. The summed E-state index contributed by atoms with van der Waals surface area (Å²) in [6, 6.07) is 3.56. The molecule has 0 saturated carbocycles. The van der Waals surface area contributed by atoms with Gasteiger partial charge in [-0.2, -0.15) is 0 Å². The molecular formula is C14H6F7NO2. The molecule has 0 aliphatic heterocycles. The highest BCUT2D eigenvalue weighted by molar-refractivity contribution is 5.94. The summed E-state index contributed by atoms with van der Waals surface area (Å²) in [6.45, 7) is 0. The van der Waals surface area contributed by atoms with Crippen molar-refractivity contribution >= 4 is 5.91 Å². The second-order valence-corrected chi connectivity index (χ2v) is 4.41. The number of hydrogen-bond donors (Lipinski definition) is 1. The fourth-order valence-corrected chi connectivity index (χ4v) is 1.97. The molecule has 0 radical (unpaired) electrons. The Morgan fingerprint density at radius 2 is 1.42 bits per heavy atom. The van der Waals surface area contributed by atoms with E-state index < -0.39 is 58.0 Å². The number of alkyl halides is 3. The second kappa shape index (κ2) is 6.02. The second-order valence-electron chi connectivity index (χ2n) is 4.41. The van der Waals surface area contributed by atoms with E-state index in [1.165, 1.54) is 0 Å². The molecule has 0 saturated heterocycles. The minimum Gasteiger partial charge on any atom is -0.405 e. The summed E-state index contributed by atoms with van der Waals surface area (Å²) in [6.07, 6.45) is -5.21. The standard InChI is InChI=1S/C14H6F7NO2/c15-9-7(10(16)12(18)8(11(9)17)13(22)23)5-3-1-2-4-6(5)24-14(19,20)21/h1-4H,(H2,22,23). The number of halogens is 7. The minimum atomic E-state index is -5.21. The van der Waals surface area contributed by atoms with Crippen LogP contribution in [0.4, 0.5) is 30.7 Å². The van der Waals surface area contributed by atoms with Crippen LogP contribution in [-0.4, -0.2) is 12.3 Å². The Morgan fingerprint density at radius 3 is 1.88 bits per heavy atom. The number of nitrogens with two attached hydrogens (primary N) is 1. The Bertz CT molecular complexity index is 788. The molecule has 0 aliphatic carbocycles. The van der Waals surface area contributed by atoms with E-state index in [9.17, 15) is 35.5 Å². The van der Waals surface area contributed by atoms with Gasteiger partial charge in [-0.05, 0) is 6.07 Å². The monoisotopic (exact) mass is 353 g/mol. The van der Waals surface area contributed by atoms with Crippen molar-refractivity contribution in [1.29, 1.82) is 0 Å². The molecule has 1 amide bonds. The summed E-state index contributed by atoms with van der Waals surface area (Å²) >= 11 is 0. The molecule has 2 aromatic rings. The smallest absolute Gasteiger partial charge is 0.405 e. The van der Waals surface area contributed by atoms with Crippen LogP contribution in [0.15, 0.2) is 24.3 Å². The zero-order valence-electron chi connectivity index (χ0n) is 11.3. The van der Waals surface area contributed by atoms with E-state index in [4.69, 9.17) is 0 Å². The van der Waals surface area contributed by atoms with Gasteiger partial charge in [-0.1, -0.05) is 18.2 Å². The largest absolute Gasteiger partial charge is 0.573 e. The van der Waals surface area contributed by atoms with Crippen molar-refractivity contribution in [3.63, 3.8) is 0 Å². The van der Waals surface area contributed by atoms with Crippen molar-refractivity contribution in [1.82, 2.24) is 0 Å². The highest BCUT2D eigenvalue weighted by atomic mass is 19.4. The number of carbonyl (C=O) groups is 1. The van der Waals surface area contributed by atoms with Crippen LogP contribution in [0, 0.1) is 23.3 Å². The van der Waals surface area contributed by atoms with Crippen molar-refractivity contribution in [3.8, 4) is 16.9 Å². The van der Waals surface area contributed by atoms with Gasteiger partial charge in [0.25, 0.3) is 5.91 Å². The Hall–Kier alpha value is -2.78. The molecule has 0 aliphatic rings. The first kappa shape index (κ1) is 17.6. The maximum Gasteiger partial charge on any atom is 0.573 e. The lowest BCUT2D eigenvalue weighted by atomic mass is 10.00. The maximum atomic E-state index is 14.0. The molecule has 0 fully saturated rings. The van der Waals surface area contributed by atoms with Gasteiger partial charge in [-0.25, -0.2) is 17.6 Å². The normalized spacial score (nSPS) is 11.5. The number of para-hydroxylation sites is 1. The van der Waals surface area contributed by atoms with Crippen LogP contribution in [0.25, 0.3) is 11.1 Å². The van der Waals surface area contributed by atoms with Crippen LogP contribution < -0.4 is 10.5 Å². The summed E-state index contributed by atoms with van der Waals surface area (Å²) in [5, 5.41) is 0. The molecule has 24 heavy (non-hydrogen) atoms. The third-order valence-corrected chi connectivity index (χ3v) is 2.89. The first-order valence-corrected chi connectivity index (χ1v) is 6.05. The van der Waals surface area contributed by atoms with Crippen molar-refractivity contribution in [2.24, 2.45) is 5.73 Å². The van der Waals surface area contributed by atoms with Gasteiger partial charge in [0.2, 0.25) is 0 Å². The summed E-state index contributed by atoms with van der Waals surface area (Å²) in [5.74, 6) is -11.3. The van der Waals surface area contributed by atoms with Gasteiger partial charge in [0.15, 0.2) is 23.3 Å². The summed E-state index contributed by atoms with van der Waals surface area (Å²) in [4.78, 5) is 10.9. The Kier molecular flexibility index (Phi) is 4.41. The predicted molar refractivity (Wildman–Crippen MR) is 66.9 cm³/mol. The lowest BCUT2D eigenvalue weighted by molar-refractivity contribution is -0.274. The zero-order chi connectivity index (χ0) is 18.2. The zero-order valence-corrected chi connectivity index (χ0v) is 11.3. The van der Waals surface area contributed by atoms with Gasteiger partial charge < -0.3 is 10.5 Å². The van der Waals surface area contributed by atoms with Gasteiger partial charge in [0.05, 0.1) is 5.56 Å². The molecule has 3 nitrogen and oxygen atoms in total. The molecule has 0 heterocycles. The average Bonchev–Trinajstić information content (AvgIpc) is 2.45. The molecule has 0 unspecified atom stereocenters. The maximum absolute atomic E-state index is 14.0. The summed E-state index contributed by atoms with van der Waals surface area (Å²) < 4.78 is 96.2.